The first kappa shape index (κ1) is 14.8. The standard InChI is InChI=1S/C13H20N4O2/c1-17(2)13(19)9-5-6-10(14)11(8-9)16-7-3-4-12(15)18/h5-6,8,16H,3-4,7,14H2,1-2H3,(H2,15,18). The topological polar surface area (TPSA) is 101 Å². The summed E-state index contributed by atoms with van der Waals surface area (Å²) in [4.78, 5) is 23.9. The molecule has 0 spiro atoms. The largest absolute Gasteiger partial charge is 0.397 e. The molecule has 0 saturated heterocycles. The first-order valence-electron chi connectivity index (χ1n) is 6.05. The molecule has 104 valence electrons. The molecule has 0 heterocycles. The van der Waals surface area contributed by atoms with Gasteiger partial charge in [-0.15, -0.1) is 0 Å². The van der Waals surface area contributed by atoms with E-state index in [1.165, 1.54) is 4.90 Å². The lowest BCUT2D eigenvalue weighted by molar-refractivity contribution is -0.118. The van der Waals surface area contributed by atoms with Crippen LogP contribution in [0.25, 0.3) is 0 Å². The molecule has 1 aromatic carbocycles. The molecule has 19 heavy (non-hydrogen) atoms. The summed E-state index contributed by atoms with van der Waals surface area (Å²) in [5, 5.41) is 3.10. The van der Waals surface area contributed by atoms with Gasteiger partial charge in [0.15, 0.2) is 0 Å². The van der Waals surface area contributed by atoms with Gasteiger partial charge in [-0.2, -0.15) is 0 Å². The van der Waals surface area contributed by atoms with Gasteiger partial charge in [-0.05, 0) is 24.6 Å². The van der Waals surface area contributed by atoms with Gasteiger partial charge in [-0.25, -0.2) is 0 Å². The molecule has 0 fully saturated rings. The van der Waals surface area contributed by atoms with Crippen LogP contribution in [0.5, 0.6) is 0 Å². The Labute approximate surface area is 112 Å². The fourth-order valence-electron chi connectivity index (χ4n) is 1.59. The Morgan fingerprint density at radius 2 is 2.00 bits per heavy atom. The molecule has 0 aliphatic heterocycles. The number of hydrogen-bond acceptors (Lipinski definition) is 4. The van der Waals surface area contributed by atoms with Crippen LogP contribution in [-0.2, 0) is 4.79 Å². The summed E-state index contributed by atoms with van der Waals surface area (Å²) in [5.41, 5.74) is 12.7. The molecule has 2 amide bonds. The number of benzene rings is 1. The van der Waals surface area contributed by atoms with E-state index in [4.69, 9.17) is 11.5 Å². The molecule has 5 N–H and O–H groups in total. The zero-order valence-electron chi connectivity index (χ0n) is 11.3. The van der Waals surface area contributed by atoms with Crippen molar-refractivity contribution in [2.45, 2.75) is 12.8 Å². The van der Waals surface area contributed by atoms with Crippen LogP contribution in [0, 0.1) is 0 Å². The first-order chi connectivity index (χ1) is 8.91. The van der Waals surface area contributed by atoms with Crippen LogP contribution < -0.4 is 16.8 Å². The van der Waals surface area contributed by atoms with Crippen molar-refractivity contribution in [3.05, 3.63) is 23.8 Å². The summed E-state index contributed by atoms with van der Waals surface area (Å²) in [7, 11) is 3.39. The average molecular weight is 264 g/mol. The molecule has 1 aromatic rings. The Balaban J connectivity index is 2.69. The molecular formula is C13H20N4O2. The van der Waals surface area contributed by atoms with Crippen LogP contribution in [0.2, 0.25) is 0 Å². The van der Waals surface area contributed by atoms with Crippen LogP contribution in [-0.4, -0.2) is 37.4 Å². The number of amides is 2. The molecule has 0 aliphatic carbocycles. The zero-order chi connectivity index (χ0) is 14.4. The number of primary amides is 1. The van der Waals surface area contributed by atoms with Gasteiger partial charge in [0.05, 0.1) is 11.4 Å². The second-order valence-corrected chi connectivity index (χ2v) is 4.50. The summed E-state index contributed by atoms with van der Waals surface area (Å²) >= 11 is 0. The van der Waals surface area contributed by atoms with E-state index in [9.17, 15) is 9.59 Å². The molecule has 0 bridgehead atoms. The third-order valence-corrected chi connectivity index (χ3v) is 2.62. The number of nitrogen functional groups attached to an aromatic ring is 1. The highest BCUT2D eigenvalue weighted by Gasteiger charge is 2.10. The predicted molar refractivity (Wildman–Crippen MR) is 75.8 cm³/mol. The maximum Gasteiger partial charge on any atom is 0.253 e. The summed E-state index contributed by atoms with van der Waals surface area (Å²) in [6.45, 7) is 0.576. The summed E-state index contributed by atoms with van der Waals surface area (Å²) in [6.07, 6.45) is 0.948. The second kappa shape index (κ2) is 6.63. The molecule has 0 aliphatic rings. The van der Waals surface area contributed by atoms with Crippen LogP contribution in [0.4, 0.5) is 11.4 Å². The number of nitrogens with two attached hydrogens (primary N) is 2. The number of anilines is 2. The van der Waals surface area contributed by atoms with E-state index in [2.05, 4.69) is 5.32 Å². The van der Waals surface area contributed by atoms with Crippen molar-refractivity contribution in [1.29, 1.82) is 0 Å². The Kier molecular flexibility index (Phi) is 5.17. The first-order valence-corrected chi connectivity index (χ1v) is 6.05. The summed E-state index contributed by atoms with van der Waals surface area (Å²) in [6, 6.07) is 5.08. The minimum Gasteiger partial charge on any atom is -0.397 e. The van der Waals surface area contributed by atoms with Crippen molar-refractivity contribution >= 4 is 23.2 Å². The van der Waals surface area contributed by atoms with E-state index in [0.29, 0.717) is 36.3 Å². The van der Waals surface area contributed by atoms with Gasteiger partial charge >= 0.3 is 0 Å². The number of nitrogens with one attached hydrogen (secondary N) is 1. The van der Waals surface area contributed by atoms with Gasteiger partial charge in [0.2, 0.25) is 5.91 Å². The lowest BCUT2D eigenvalue weighted by Crippen LogP contribution is -2.22. The molecule has 0 saturated carbocycles. The number of carbonyl (C=O) groups excluding carboxylic acids is 2. The number of carbonyl (C=O) groups is 2. The highest BCUT2D eigenvalue weighted by Crippen LogP contribution is 2.20. The van der Waals surface area contributed by atoms with Gasteiger partial charge in [0.25, 0.3) is 5.91 Å². The summed E-state index contributed by atoms with van der Waals surface area (Å²) < 4.78 is 0. The minimum absolute atomic E-state index is 0.0832. The minimum atomic E-state index is -0.327. The van der Waals surface area contributed by atoms with Gasteiger partial charge in [0, 0.05) is 32.6 Å². The van der Waals surface area contributed by atoms with Gasteiger partial charge in [0.1, 0.15) is 0 Å². The molecule has 0 unspecified atom stereocenters. The van der Waals surface area contributed by atoms with Crippen LogP contribution in [0.1, 0.15) is 23.2 Å². The molecule has 6 nitrogen and oxygen atoms in total. The van der Waals surface area contributed by atoms with Gasteiger partial charge in [-0.3, -0.25) is 9.59 Å². The molecule has 0 aromatic heterocycles. The van der Waals surface area contributed by atoms with Crippen molar-refractivity contribution in [2.24, 2.45) is 5.73 Å². The highest BCUT2D eigenvalue weighted by atomic mass is 16.2. The normalized spacial score (nSPS) is 10.0. The van der Waals surface area contributed by atoms with Crippen LogP contribution in [0.15, 0.2) is 18.2 Å². The molecule has 0 radical (unpaired) electrons. The molecule has 1 rings (SSSR count). The number of hydrogen-bond donors (Lipinski definition) is 3. The maximum absolute atomic E-state index is 11.8. The third kappa shape index (κ3) is 4.50. The van der Waals surface area contributed by atoms with Crippen molar-refractivity contribution in [1.82, 2.24) is 4.90 Å². The lowest BCUT2D eigenvalue weighted by Gasteiger charge is -2.13. The maximum atomic E-state index is 11.8. The van der Waals surface area contributed by atoms with E-state index in [-0.39, 0.29) is 11.8 Å². The van der Waals surface area contributed by atoms with E-state index >= 15 is 0 Å². The van der Waals surface area contributed by atoms with Crippen molar-refractivity contribution in [3.63, 3.8) is 0 Å². The fourth-order valence-corrected chi connectivity index (χ4v) is 1.59. The molecular weight excluding hydrogens is 244 g/mol. The van der Waals surface area contributed by atoms with E-state index in [0.717, 1.165) is 0 Å². The Morgan fingerprint density at radius 3 is 2.58 bits per heavy atom. The monoisotopic (exact) mass is 264 g/mol. The second-order valence-electron chi connectivity index (χ2n) is 4.50. The van der Waals surface area contributed by atoms with E-state index in [1.807, 2.05) is 0 Å². The number of nitrogens with zero attached hydrogens (tertiary/aromatic N) is 1. The smallest absolute Gasteiger partial charge is 0.253 e. The van der Waals surface area contributed by atoms with E-state index < -0.39 is 0 Å². The van der Waals surface area contributed by atoms with Crippen LogP contribution in [0.3, 0.4) is 0 Å². The van der Waals surface area contributed by atoms with Crippen LogP contribution >= 0.6 is 0 Å². The zero-order valence-corrected chi connectivity index (χ0v) is 11.3. The SMILES string of the molecule is CN(C)C(=O)c1ccc(N)c(NCCCC(N)=O)c1. The van der Waals surface area contributed by atoms with Crippen molar-refractivity contribution in [2.75, 3.05) is 31.7 Å². The van der Waals surface area contributed by atoms with Crippen molar-refractivity contribution in [3.8, 4) is 0 Å². The quantitative estimate of drug-likeness (QED) is 0.518. The Morgan fingerprint density at radius 1 is 1.32 bits per heavy atom. The Hall–Kier alpha value is -2.24. The van der Waals surface area contributed by atoms with Gasteiger partial charge in [-0.1, -0.05) is 0 Å². The van der Waals surface area contributed by atoms with Crippen molar-refractivity contribution < 1.29 is 9.59 Å². The molecule has 0 atom stereocenters. The third-order valence-electron chi connectivity index (χ3n) is 2.62. The summed E-state index contributed by atoms with van der Waals surface area (Å²) in [5.74, 6) is -0.411. The van der Waals surface area contributed by atoms with Gasteiger partial charge < -0.3 is 21.7 Å². The highest BCUT2D eigenvalue weighted by molar-refractivity contribution is 5.95. The molecule has 6 heteroatoms. The fraction of sp³-hybridized carbons (Fsp3) is 0.385. The lowest BCUT2D eigenvalue weighted by atomic mass is 10.1. The number of rotatable bonds is 6. The predicted octanol–water partition coefficient (Wildman–Crippen LogP) is 0.648. The Bertz CT molecular complexity index is 472. The average Bonchev–Trinajstić information content (AvgIpc) is 2.35. The van der Waals surface area contributed by atoms with E-state index in [1.54, 1.807) is 32.3 Å².